The van der Waals surface area contributed by atoms with Gasteiger partial charge in [-0.25, -0.2) is 14.8 Å². The maximum Gasteiger partial charge on any atom is 0.346 e. The highest BCUT2D eigenvalue weighted by molar-refractivity contribution is 7.20. The molecule has 0 fully saturated rings. The number of aliphatic hydroxyl groups is 1. The monoisotopic (exact) mass is 295 g/mol. The van der Waals surface area contributed by atoms with Gasteiger partial charge < -0.3 is 15.5 Å². The normalized spacial score (nSPS) is 12.8. The fraction of sp³-hybridized carbons (Fsp3) is 0.462. The second-order valence-electron chi connectivity index (χ2n) is 4.94. The highest BCUT2D eigenvalue weighted by Gasteiger charge is 2.20. The number of nitrogens with one attached hydrogen (secondary N) is 1. The molecule has 2 aromatic rings. The zero-order valence-corrected chi connectivity index (χ0v) is 12.4. The Hall–Kier alpha value is -1.73. The third-order valence-corrected chi connectivity index (χ3v) is 4.43. The highest BCUT2D eigenvalue weighted by atomic mass is 32.1. The van der Waals surface area contributed by atoms with Crippen LogP contribution in [0, 0.1) is 12.8 Å². The van der Waals surface area contributed by atoms with Crippen molar-refractivity contribution in [3.63, 3.8) is 0 Å². The number of fused-ring (bicyclic) bond motifs is 1. The average molecular weight is 295 g/mol. The summed E-state index contributed by atoms with van der Waals surface area (Å²) in [5, 5.41) is 22.5. The van der Waals surface area contributed by atoms with Gasteiger partial charge in [0.05, 0.1) is 18.0 Å². The molecule has 7 heteroatoms. The second-order valence-corrected chi connectivity index (χ2v) is 5.94. The first-order valence-electron chi connectivity index (χ1n) is 6.30. The van der Waals surface area contributed by atoms with Gasteiger partial charge in [-0.1, -0.05) is 13.8 Å². The van der Waals surface area contributed by atoms with Crippen molar-refractivity contribution < 1.29 is 15.0 Å². The van der Waals surface area contributed by atoms with Crippen molar-refractivity contribution in [1.29, 1.82) is 0 Å². The first-order valence-corrected chi connectivity index (χ1v) is 7.12. The van der Waals surface area contributed by atoms with Gasteiger partial charge in [0.1, 0.15) is 21.9 Å². The number of carbonyl (C=O) groups is 1. The van der Waals surface area contributed by atoms with Crippen LogP contribution in [0.4, 0.5) is 5.82 Å². The van der Waals surface area contributed by atoms with Crippen molar-refractivity contribution >= 4 is 33.3 Å². The van der Waals surface area contributed by atoms with E-state index < -0.39 is 5.97 Å². The Labute approximate surface area is 120 Å². The van der Waals surface area contributed by atoms with E-state index >= 15 is 0 Å². The van der Waals surface area contributed by atoms with Crippen LogP contribution in [0.2, 0.25) is 0 Å². The van der Waals surface area contributed by atoms with Gasteiger partial charge in [0.15, 0.2) is 0 Å². The third kappa shape index (κ3) is 2.59. The molecule has 0 aliphatic rings. The molecular formula is C13H17N3O3S. The smallest absolute Gasteiger partial charge is 0.346 e. The zero-order chi connectivity index (χ0) is 14.9. The van der Waals surface area contributed by atoms with Crippen LogP contribution in [0.3, 0.4) is 0 Å². The molecule has 0 aromatic carbocycles. The van der Waals surface area contributed by atoms with E-state index in [0.717, 1.165) is 11.3 Å². The van der Waals surface area contributed by atoms with Gasteiger partial charge in [0, 0.05) is 0 Å². The lowest BCUT2D eigenvalue weighted by molar-refractivity contribution is 0.0701. The first-order chi connectivity index (χ1) is 9.45. The predicted molar refractivity (Wildman–Crippen MR) is 78.4 cm³/mol. The number of aromatic carboxylic acids is 1. The van der Waals surface area contributed by atoms with E-state index in [2.05, 4.69) is 15.3 Å². The summed E-state index contributed by atoms with van der Waals surface area (Å²) >= 11 is 1.14. The number of anilines is 1. The number of rotatable bonds is 5. The molecule has 0 radical (unpaired) electrons. The Kier molecular flexibility index (Phi) is 4.20. The Bertz CT molecular complexity index is 639. The Balaban J connectivity index is 2.51. The molecule has 0 saturated heterocycles. The van der Waals surface area contributed by atoms with Crippen molar-refractivity contribution in [2.24, 2.45) is 5.92 Å². The number of aliphatic hydroxyl groups excluding tert-OH is 1. The van der Waals surface area contributed by atoms with E-state index in [1.165, 1.54) is 6.33 Å². The van der Waals surface area contributed by atoms with E-state index in [1.807, 2.05) is 13.8 Å². The summed E-state index contributed by atoms with van der Waals surface area (Å²) in [7, 11) is 0. The molecule has 3 N–H and O–H groups in total. The van der Waals surface area contributed by atoms with Crippen molar-refractivity contribution in [2.75, 3.05) is 11.9 Å². The molecular weight excluding hydrogens is 278 g/mol. The summed E-state index contributed by atoms with van der Waals surface area (Å²) in [4.78, 5) is 20.4. The summed E-state index contributed by atoms with van der Waals surface area (Å²) in [5.74, 6) is -0.161. The number of aromatic nitrogens is 2. The molecule has 0 bridgehead atoms. The fourth-order valence-corrected chi connectivity index (χ4v) is 2.97. The summed E-state index contributed by atoms with van der Waals surface area (Å²) < 4.78 is 0. The molecule has 0 spiro atoms. The van der Waals surface area contributed by atoms with Gasteiger partial charge in [0.2, 0.25) is 0 Å². The van der Waals surface area contributed by atoms with Gasteiger partial charge in [-0.2, -0.15) is 0 Å². The number of nitrogens with zero attached hydrogens (tertiary/aromatic N) is 2. The molecule has 20 heavy (non-hydrogen) atoms. The lowest BCUT2D eigenvalue weighted by Crippen LogP contribution is -2.30. The van der Waals surface area contributed by atoms with Crippen molar-refractivity contribution in [1.82, 2.24) is 9.97 Å². The largest absolute Gasteiger partial charge is 0.477 e. The Morgan fingerprint density at radius 2 is 2.15 bits per heavy atom. The van der Waals surface area contributed by atoms with Crippen molar-refractivity contribution in [2.45, 2.75) is 26.8 Å². The van der Waals surface area contributed by atoms with Gasteiger partial charge in [0.25, 0.3) is 0 Å². The Morgan fingerprint density at radius 3 is 2.70 bits per heavy atom. The molecule has 108 valence electrons. The molecule has 0 aliphatic heterocycles. The van der Waals surface area contributed by atoms with Crippen molar-refractivity contribution in [3.05, 3.63) is 16.8 Å². The molecule has 6 nitrogen and oxygen atoms in total. The lowest BCUT2D eigenvalue weighted by atomic mass is 10.1. The van der Waals surface area contributed by atoms with Crippen LogP contribution in [0.1, 0.15) is 29.1 Å². The average Bonchev–Trinajstić information content (AvgIpc) is 2.74. The Morgan fingerprint density at radius 1 is 1.45 bits per heavy atom. The van der Waals surface area contributed by atoms with Crippen LogP contribution in [-0.4, -0.2) is 38.8 Å². The minimum Gasteiger partial charge on any atom is -0.477 e. The number of hydrogen-bond donors (Lipinski definition) is 3. The predicted octanol–water partition coefficient (Wildman–Crippen LogP) is 2.13. The van der Waals surface area contributed by atoms with Gasteiger partial charge in [-0.05, 0) is 18.4 Å². The van der Waals surface area contributed by atoms with Gasteiger partial charge >= 0.3 is 5.97 Å². The zero-order valence-electron chi connectivity index (χ0n) is 11.5. The molecule has 1 atom stereocenters. The molecule has 2 heterocycles. The van der Waals surface area contributed by atoms with Gasteiger partial charge in [-0.15, -0.1) is 11.3 Å². The summed E-state index contributed by atoms with van der Waals surface area (Å²) in [6.45, 7) is 5.73. The number of aryl methyl sites for hydroxylation is 1. The molecule has 0 saturated carbocycles. The fourth-order valence-electron chi connectivity index (χ4n) is 1.98. The van der Waals surface area contributed by atoms with E-state index in [-0.39, 0.29) is 23.4 Å². The topological polar surface area (TPSA) is 95.3 Å². The molecule has 0 amide bonds. The maximum absolute atomic E-state index is 11.2. The van der Waals surface area contributed by atoms with Crippen molar-refractivity contribution in [3.8, 4) is 0 Å². The van der Waals surface area contributed by atoms with Crippen LogP contribution < -0.4 is 5.32 Å². The molecule has 1 unspecified atom stereocenters. The second kappa shape index (κ2) is 5.72. The maximum atomic E-state index is 11.2. The van der Waals surface area contributed by atoms with Crippen LogP contribution in [-0.2, 0) is 0 Å². The molecule has 2 rings (SSSR count). The summed E-state index contributed by atoms with van der Waals surface area (Å²) in [6, 6.07) is -0.138. The number of carboxylic acids is 1. The van der Waals surface area contributed by atoms with E-state index in [0.29, 0.717) is 21.6 Å². The number of hydrogen-bond acceptors (Lipinski definition) is 6. The molecule has 0 aliphatic carbocycles. The third-order valence-electron chi connectivity index (χ3n) is 3.24. The van der Waals surface area contributed by atoms with Crippen LogP contribution in [0.5, 0.6) is 0 Å². The SMILES string of the molecule is Cc1c(C(=O)O)sc2ncnc(NC(CO)C(C)C)c12. The minimum absolute atomic E-state index is 0.0157. The summed E-state index contributed by atoms with van der Waals surface area (Å²) in [5.41, 5.74) is 0.654. The van der Waals surface area contributed by atoms with Crippen LogP contribution in [0.15, 0.2) is 6.33 Å². The summed E-state index contributed by atoms with van der Waals surface area (Å²) in [6.07, 6.45) is 1.40. The standard InChI is InChI=1S/C13H17N3O3S/c1-6(2)8(4-17)16-11-9-7(3)10(13(18)19)20-12(9)15-5-14-11/h5-6,8,17H,4H2,1-3H3,(H,18,19)(H,14,15,16). The van der Waals surface area contributed by atoms with Crippen LogP contribution in [0.25, 0.3) is 10.2 Å². The van der Waals surface area contributed by atoms with E-state index in [1.54, 1.807) is 6.92 Å². The quantitative estimate of drug-likeness (QED) is 0.782. The minimum atomic E-state index is -0.959. The first kappa shape index (κ1) is 14.7. The number of carboxylic acid groups (broad SMARTS) is 1. The molecule has 2 aromatic heterocycles. The van der Waals surface area contributed by atoms with E-state index in [4.69, 9.17) is 0 Å². The lowest BCUT2D eigenvalue weighted by Gasteiger charge is -2.20. The van der Waals surface area contributed by atoms with Crippen LogP contribution >= 0.6 is 11.3 Å². The number of thiophene rings is 1. The van der Waals surface area contributed by atoms with E-state index in [9.17, 15) is 15.0 Å². The van der Waals surface area contributed by atoms with Gasteiger partial charge in [-0.3, -0.25) is 0 Å². The highest BCUT2D eigenvalue weighted by Crippen LogP contribution is 2.33.